The number of ether oxygens (including phenoxy) is 1. The van der Waals surface area contributed by atoms with Crippen LogP contribution in [0.1, 0.15) is 23.2 Å². The van der Waals surface area contributed by atoms with Crippen LogP contribution in [0, 0.1) is 12.7 Å². The summed E-state index contributed by atoms with van der Waals surface area (Å²) in [5, 5.41) is 12.0. The predicted molar refractivity (Wildman–Crippen MR) is 110 cm³/mol. The van der Waals surface area contributed by atoms with E-state index in [-0.39, 0.29) is 6.54 Å². The van der Waals surface area contributed by atoms with Gasteiger partial charge in [0.15, 0.2) is 6.10 Å². The highest BCUT2D eigenvalue weighted by Crippen LogP contribution is 2.39. The fraction of sp³-hybridized carbons (Fsp3) is 0.333. The van der Waals surface area contributed by atoms with E-state index in [1.54, 1.807) is 10.7 Å². The number of aromatic amines is 1. The SMILES string of the molecule is Cc1cc(-c2n[nH]c3c2CCCc2cc(N4CC(C(N)=O)OC4=O)cc(F)c2-3)nn1C. The number of primary amides is 1. The van der Waals surface area contributed by atoms with Crippen LogP contribution in [-0.4, -0.2) is 44.6 Å². The topological polar surface area (TPSA) is 119 Å². The number of hydrogen-bond donors (Lipinski definition) is 2. The lowest BCUT2D eigenvalue weighted by Crippen LogP contribution is -2.32. The Hall–Kier alpha value is -3.69. The molecule has 1 aliphatic carbocycles. The fourth-order valence-corrected chi connectivity index (χ4v) is 4.26. The van der Waals surface area contributed by atoms with Crippen LogP contribution in [0.3, 0.4) is 0 Å². The monoisotopic (exact) mass is 424 g/mol. The van der Waals surface area contributed by atoms with Crippen molar-refractivity contribution in [2.24, 2.45) is 12.8 Å². The van der Waals surface area contributed by atoms with Gasteiger partial charge in [0.1, 0.15) is 17.2 Å². The number of fused-ring (bicyclic) bond motifs is 3. The normalized spacial score (nSPS) is 17.8. The summed E-state index contributed by atoms with van der Waals surface area (Å²) < 4.78 is 22.1. The van der Waals surface area contributed by atoms with Crippen molar-refractivity contribution in [2.45, 2.75) is 32.3 Å². The molecule has 2 amide bonds. The van der Waals surface area contributed by atoms with Crippen LogP contribution in [-0.2, 0) is 29.4 Å². The molecule has 31 heavy (non-hydrogen) atoms. The maximum Gasteiger partial charge on any atom is 0.415 e. The Morgan fingerprint density at radius 2 is 2.13 bits per heavy atom. The third-order valence-corrected chi connectivity index (χ3v) is 5.94. The average molecular weight is 424 g/mol. The molecule has 9 nitrogen and oxygen atoms in total. The van der Waals surface area contributed by atoms with Gasteiger partial charge in [0, 0.05) is 23.9 Å². The number of nitrogens with one attached hydrogen (secondary N) is 1. The Bertz CT molecular complexity index is 1210. The molecular formula is C21H21FN6O3. The van der Waals surface area contributed by atoms with Crippen molar-refractivity contribution < 1.29 is 18.7 Å². The third-order valence-electron chi connectivity index (χ3n) is 5.94. The van der Waals surface area contributed by atoms with Gasteiger partial charge in [0.05, 0.1) is 17.9 Å². The molecule has 1 aromatic carbocycles. The molecule has 0 bridgehead atoms. The van der Waals surface area contributed by atoms with Gasteiger partial charge < -0.3 is 10.5 Å². The molecule has 5 rings (SSSR count). The number of benzene rings is 1. The number of amides is 2. The summed E-state index contributed by atoms with van der Waals surface area (Å²) in [6.07, 6.45) is 0.376. The van der Waals surface area contributed by atoms with Crippen LogP contribution in [0.25, 0.3) is 22.6 Å². The number of anilines is 1. The van der Waals surface area contributed by atoms with E-state index in [2.05, 4.69) is 15.3 Å². The van der Waals surface area contributed by atoms with E-state index in [1.165, 1.54) is 11.0 Å². The van der Waals surface area contributed by atoms with Crippen molar-refractivity contribution in [3.8, 4) is 22.6 Å². The first-order chi connectivity index (χ1) is 14.8. The molecule has 2 aromatic heterocycles. The number of H-pyrrole nitrogens is 1. The number of nitrogens with zero attached hydrogens (tertiary/aromatic N) is 4. The fourth-order valence-electron chi connectivity index (χ4n) is 4.26. The van der Waals surface area contributed by atoms with Gasteiger partial charge in [-0.1, -0.05) is 0 Å². The molecule has 1 fully saturated rings. The quantitative estimate of drug-likeness (QED) is 0.668. The van der Waals surface area contributed by atoms with Crippen LogP contribution in [0.5, 0.6) is 0 Å². The van der Waals surface area contributed by atoms with E-state index < -0.39 is 23.9 Å². The van der Waals surface area contributed by atoms with Crippen LogP contribution >= 0.6 is 0 Å². The van der Waals surface area contributed by atoms with Crippen LogP contribution in [0.2, 0.25) is 0 Å². The smallest absolute Gasteiger partial charge is 0.415 e. The second-order valence-corrected chi connectivity index (χ2v) is 7.92. The first kappa shape index (κ1) is 19.3. The number of aryl methyl sites for hydroxylation is 3. The standard InChI is InChI=1S/C21H21FN6O3/c1-10-6-15(26-27(10)2)18-13-5-3-4-11-7-12(8-14(22)17(11)19(13)25-24-18)28-9-16(20(23)29)31-21(28)30/h6-8,16H,3-5,9H2,1-2H3,(H2,23,29)(H,24,25). The Morgan fingerprint density at radius 3 is 2.81 bits per heavy atom. The predicted octanol–water partition coefficient (Wildman–Crippen LogP) is 2.22. The zero-order chi connectivity index (χ0) is 21.9. The zero-order valence-electron chi connectivity index (χ0n) is 17.1. The summed E-state index contributed by atoms with van der Waals surface area (Å²) in [6, 6.07) is 5.00. The van der Waals surface area contributed by atoms with E-state index >= 15 is 4.39 Å². The highest BCUT2D eigenvalue weighted by molar-refractivity contribution is 5.95. The number of cyclic esters (lactones) is 1. The van der Waals surface area contributed by atoms with Gasteiger partial charge in [0.2, 0.25) is 0 Å². The average Bonchev–Trinajstić information content (AvgIpc) is 3.36. The number of nitrogens with two attached hydrogens (primary N) is 1. The van der Waals surface area contributed by atoms with Crippen molar-refractivity contribution >= 4 is 17.7 Å². The number of carbonyl (C=O) groups excluding carboxylic acids is 2. The number of aromatic nitrogens is 4. The maximum atomic E-state index is 15.4. The summed E-state index contributed by atoms with van der Waals surface area (Å²) in [7, 11) is 1.87. The molecule has 0 spiro atoms. The lowest BCUT2D eigenvalue weighted by atomic mass is 9.99. The van der Waals surface area contributed by atoms with Gasteiger partial charge in [-0.2, -0.15) is 10.2 Å². The number of hydrogen-bond acceptors (Lipinski definition) is 5. The van der Waals surface area contributed by atoms with Gasteiger partial charge in [-0.05, 0) is 49.9 Å². The Kier molecular flexibility index (Phi) is 4.31. The zero-order valence-corrected chi connectivity index (χ0v) is 17.1. The lowest BCUT2D eigenvalue weighted by molar-refractivity contribution is -0.124. The van der Waals surface area contributed by atoms with E-state index in [0.717, 1.165) is 41.1 Å². The summed E-state index contributed by atoms with van der Waals surface area (Å²) >= 11 is 0. The van der Waals surface area contributed by atoms with Crippen molar-refractivity contribution in [3.05, 3.63) is 40.8 Å². The third kappa shape index (κ3) is 3.06. The maximum absolute atomic E-state index is 15.4. The van der Waals surface area contributed by atoms with Crippen molar-refractivity contribution in [3.63, 3.8) is 0 Å². The molecule has 0 saturated carbocycles. The Labute approximate surface area is 177 Å². The van der Waals surface area contributed by atoms with Gasteiger partial charge in [-0.15, -0.1) is 0 Å². The number of halogens is 1. The molecule has 3 aromatic rings. The molecule has 10 heteroatoms. The van der Waals surface area contributed by atoms with E-state index in [1.807, 2.05) is 20.0 Å². The van der Waals surface area contributed by atoms with Gasteiger partial charge in [-0.3, -0.25) is 19.5 Å². The van der Waals surface area contributed by atoms with E-state index in [9.17, 15) is 9.59 Å². The second kappa shape index (κ2) is 6.93. The summed E-state index contributed by atoms with van der Waals surface area (Å²) in [4.78, 5) is 24.8. The molecule has 0 radical (unpaired) electrons. The number of carbonyl (C=O) groups is 2. The molecule has 3 N–H and O–H groups in total. The first-order valence-electron chi connectivity index (χ1n) is 10.0. The van der Waals surface area contributed by atoms with Crippen molar-refractivity contribution in [2.75, 3.05) is 11.4 Å². The minimum absolute atomic E-state index is 0.0368. The second-order valence-electron chi connectivity index (χ2n) is 7.92. The molecule has 1 atom stereocenters. The summed E-state index contributed by atoms with van der Waals surface area (Å²) in [5.41, 5.74) is 10.8. The molecule has 160 valence electrons. The largest absolute Gasteiger partial charge is 0.434 e. The first-order valence-corrected chi connectivity index (χ1v) is 10.0. The molecular weight excluding hydrogens is 403 g/mol. The van der Waals surface area contributed by atoms with Gasteiger partial charge in [0.25, 0.3) is 5.91 Å². The van der Waals surface area contributed by atoms with Crippen LogP contribution in [0.4, 0.5) is 14.9 Å². The lowest BCUT2D eigenvalue weighted by Gasteiger charge is -2.16. The Morgan fingerprint density at radius 1 is 1.32 bits per heavy atom. The highest BCUT2D eigenvalue weighted by atomic mass is 19.1. The van der Waals surface area contributed by atoms with E-state index in [4.69, 9.17) is 10.5 Å². The molecule has 1 unspecified atom stereocenters. The summed E-state index contributed by atoms with van der Waals surface area (Å²) in [5.74, 6) is -1.20. The van der Waals surface area contributed by atoms with Crippen molar-refractivity contribution in [1.82, 2.24) is 20.0 Å². The van der Waals surface area contributed by atoms with Gasteiger partial charge in [-0.25, -0.2) is 9.18 Å². The Balaban J connectivity index is 1.57. The summed E-state index contributed by atoms with van der Waals surface area (Å²) in [6.45, 7) is 1.93. The van der Waals surface area contributed by atoms with Crippen molar-refractivity contribution in [1.29, 1.82) is 0 Å². The number of rotatable bonds is 3. The minimum atomic E-state index is -1.04. The highest BCUT2D eigenvalue weighted by Gasteiger charge is 2.37. The van der Waals surface area contributed by atoms with Crippen LogP contribution in [0.15, 0.2) is 18.2 Å². The van der Waals surface area contributed by atoms with E-state index in [0.29, 0.717) is 23.4 Å². The molecule has 2 aliphatic rings. The molecule has 1 saturated heterocycles. The van der Waals surface area contributed by atoms with Crippen LogP contribution < -0.4 is 10.6 Å². The molecule has 1 aliphatic heterocycles. The van der Waals surface area contributed by atoms with Gasteiger partial charge >= 0.3 is 6.09 Å². The minimum Gasteiger partial charge on any atom is -0.434 e. The molecule has 3 heterocycles.